The summed E-state index contributed by atoms with van der Waals surface area (Å²) in [4.78, 5) is 14.2. The van der Waals surface area contributed by atoms with Gasteiger partial charge >= 0.3 is 0 Å². The molecule has 0 aromatic rings. The van der Waals surface area contributed by atoms with Gasteiger partial charge in [0.15, 0.2) is 0 Å². The van der Waals surface area contributed by atoms with Crippen LogP contribution in [0.4, 0.5) is 0 Å². The summed E-state index contributed by atoms with van der Waals surface area (Å²) < 4.78 is 5.27. The summed E-state index contributed by atoms with van der Waals surface area (Å²) in [6.07, 6.45) is 1.99. The zero-order valence-corrected chi connectivity index (χ0v) is 9.37. The lowest BCUT2D eigenvalue weighted by molar-refractivity contribution is -0.137. The van der Waals surface area contributed by atoms with Crippen LogP contribution in [0.25, 0.3) is 0 Å². The molecule has 0 bridgehead atoms. The quantitative estimate of drug-likeness (QED) is 0.728. The van der Waals surface area contributed by atoms with Crippen LogP contribution in [0.1, 0.15) is 19.8 Å². The maximum Gasteiger partial charge on any atom is 0.228 e. The minimum atomic E-state index is 0.116. The molecule has 1 N–H and O–H groups in total. The highest BCUT2D eigenvalue weighted by Crippen LogP contribution is 2.18. The van der Waals surface area contributed by atoms with Crippen LogP contribution in [0.2, 0.25) is 0 Å². The van der Waals surface area contributed by atoms with Crippen molar-refractivity contribution < 1.29 is 9.53 Å². The van der Waals surface area contributed by atoms with Gasteiger partial charge < -0.3 is 15.0 Å². The zero-order valence-electron chi connectivity index (χ0n) is 9.37. The van der Waals surface area contributed by atoms with Crippen LogP contribution in [0.5, 0.6) is 0 Å². The fourth-order valence-electron chi connectivity index (χ4n) is 2.46. The van der Waals surface area contributed by atoms with E-state index in [0.717, 1.165) is 39.1 Å². The van der Waals surface area contributed by atoms with Crippen molar-refractivity contribution in [1.29, 1.82) is 0 Å². The largest absolute Gasteiger partial charge is 0.381 e. The lowest BCUT2D eigenvalue weighted by atomic mass is 10.1. The fraction of sp³-hybridized carbons (Fsp3) is 0.909. The van der Waals surface area contributed by atoms with Crippen molar-refractivity contribution in [2.45, 2.75) is 25.8 Å². The highest BCUT2D eigenvalue weighted by molar-refractivity contribution is 5.79. The lowest BCUT2D eigenvalue weighted by Gasteiger charge is -2.29. The Labute approximate surface area is 91.0 Å². The van der Waals surface area contributed by atoms with E-state index >= 15 is 0 Å². The van der Waals surface area contributed by atoms with Crippen LogP contribution in [-0.4, -0.2) is 49.7 Å². The molecule has 0 spiro atoms. The molecular weight excluding hydrogens is 192 g/mol. The van der Waals surface area contributed by atoms with Crippen LogP contribution in [-0.2, 0) is 9.53 Å². The molecule has 2 aliphatic rings. The molecule has 0 aliphatic carbocycles. The van der Waals surface area contributed by atoms with Crippen molar-refractivity contribution in [2.24, 2.45) is 5.92 Å². The number of hydrogen-bond donors (Lipinski definition) is 1. The molecule has 4 nitrogen and oxygen atoms in total. The van der Waals surface area contributed by atoms with Crippen molar-refractivity contribution >= 4 is 5.91 Å². The number of carbonyl (C=O) groups is 1. The van der Waals surface area contributed by atoms with Crippen molar-refractivity contribution in [3.63, 3.8) is 0 Å². The molecule has 0 radical (unpaired) electrons. The molecule has 2 atom stereocenters. The van der Waals surface area contributed by atoms with E-state index in [4.69, 9.17) is 4.74 Å². The minimum absolute atomic E-state index is 0.116. The van der Waals surface area contributed by atoms with Gasteiger partial charge in [0.25, 0.3) is 0 Å². The predicted molar refractivity (Wildman–Crippen MR) is 57.6 cm³/mol. The van der Waals surface area contributed by atoms with Gasteiger partial charge in [0, 0.05) is 25.7 Å². The monoisotopic (exact) mass is 212 g/mol. The SMILES string of the molecule is CCN(C(=O)C1CCOC1)C1CCNC1. The molecule has 2 unspecified atom stereocenters. The molecule has 2 heterocycles. The Morgan fingerprint density at radius 2 is 2.40 bits per heavy atom. The Morgan fingerprint density at radius 1 is 1.53 bits per heavy atom. The van der Waals surface area contributed by atoms with Gasteiger partial charge in [-0.05, 0) is 26.3 Å². The Kier molecular flexibility index (Phi) is 3.59. The van der Waals surface area contributed by atoms with Gasteiger partial charge in [-0.25, -0.2) is 0 Å². The number of ether oxygens (including phenoxy) is 1. The third-order valence-corrected chi connectivity index (χ3v) is 3.38. The van der Waals surface area contributed by atoms with Crippen LogP contribution < -0.4 is 5.32 Å². The van der Waals surface area contributed by atoms with Crippen LogP contribution >= 0.6 is 0 Å². The van der Waals surface area contributed by atoms with E-state index in [1.54, 1.807) is 0 Å². The van der Waals surface area contributed by atoms with Crippen molar-refractivity contribution in [2.75, 3.05) is 32.8 Å². The Hall–Kier alpha value is -0.610. The highest BCUT2D eigenvalue weighted by Gasteiger charge is 2.32. The Bertz CT molecular complexity index is 221. The second kappa shape index (κ2) is 4.94. The molecule has 15 heavy (non-hydrogen) atoms. The molecule has 0 aromatic heterocycles. The lowest BCUT2D eigenvalue weighted by Crippen LogP contribution is -2.44. The molecule has 4 heteroatoms. The topological polar surface area (TPSA) is 41.6 Å². The average Bonchev–Trinajstić information content (AvgIpc) is 2.91. The van der Waals surface area contributed by atoms with E-state index in [-0.39, 0.29) is 5.92 Å². The third-order valence-electron chi connectivity index (χ3n) is 3.38. The maximum absolute atomic E-state index is 12.2. The third kappa shape index (κ3) is 2.32. The summed E-state index contributed by atoms with van der Waals surface area (Å²) in [6, 6.07) is 0.406. The van der Waals surface area contributed by atoms with E-state index in [2.05, 4.69) is 12.2 Å². The number of likely N-dealkylation sites (N-methyl/N-ethyl adjacent to an activating group) is 1. The first kappa shape index (κ1) is 10.9. The van der Waals surface area contributed by atoms with Gasteiger partial charge in [-0.2, -0.15) is 0 Å². The summed E-state index contributed by atoms with van der Waals surface area (Å²) in [5, 5.41) is 3.31. The van der Waals surface area contributed by atoms with E-state index in [9.17, 15) is 4.79 Å². The highest BCUT2D eigenvalue weighted by atomic mass is 16.5. The number of nitrogens with one attached hydrogen (secondary N) is 1. The first-order valence-electron chi connectivity index (χ1n) is 5.92. The van der Waals surface area contributed by atoms with Crippen LogP contribution in [0.15, 0.2) is 0 Å². The Morgan fingerprint density at radius 3 is 2.93 bits per heavy atom. The molecule has 2 fully saturated rings. The molecule has 2 rings (SSSR count). The van der Waals surface area contributed by atoms with Crippen molar-refractivity contribution in [3.05, 3.63) is 0 Å². The molecular formula is C11H20N2O2. The summed E-state index contributed by atoms with van der Waals surface area (Å²) in [7, 11) is 0. The van der Waals surface area contributed by atoms with Gasteiger partial charge in [0.1, 0.15) is 0 Å². The van der Waals surface area contributed by atoms with Gasteiger partial charge in [0.05, 0.1) is 12.5 Å². The summed E-state index contributed by atoms with van der Waals surface area (Å²) >= 11 is 0. The second-order valence-electron chi connectivity index (χ2n) is 4.33. The molecule has 2 aliphatic heterocycles. The van der Waals surface area contributed by atoms with Crippen LogP contribution in [0.3, 0.4) is 0 Å². The number of hydrogen-bond acceptors (Lipinski definition) is 3. The van der Waals surface area contributed by atoms with E-state index in [1.807, 2.05) is 4.90 Å². The summed E-state index contributed by atoms with van der Waals surface area (Å²) in [5.74, 6) is 0.411. The summed E-state index contributed by atoms with van der Waals surface area (Å²) in [5.41, 5.74) is 0. The molecule has 0 aromatic carbocycles. The van der Waals surface area contributed by atoms with E-state index < -0.39 is 0 Å². The first-order valence-corrected chi connectivity index (χ1v) is 5.92. The maximum atomic E-state index is 12.2. The molecule has 0 saturated carbocycles. The van der Waals surface area contributed by atoms with Crippen molar-refractivity contribution in [3.8, 4) is 0 Å². The fourth-order valence-corrected chi connectivity index (χ4v) is 2.46. The number of rotatable bonds is 3. The minimum Gasteiger partial charge on any atom is -0.381 e. The second-order valence-corrected chi connectivity index (χ2v) is 4.33. The van der Waals surface area contributed by atoms with Crippen LogP contribution in [0, 0.1) is 5.92 Å². The zero-order chi connectivity index (χ0) is 10.7. The number of amides is 1. The van der Waals surface area contributed by atoms with Gasteiger partial charge in [-0.1, -0.05) is 0 Å². The normalized spacial score (nSPS) is 30.7. The van der Waals surface area contributed by atoms with E-state index in [1.165, 1.54) is 0 Å². The van der Waals surface area contributed by atoms with E-state index in [0.29, 0.717) is 18.6 Å². The summed E-state index contributed by atoms with van der Waals surface area (Å²) in [6.45, 7) is 6.24. The molecule has 2 saturated heterocycles. The van der Waals surface area contributed by atoms with Gasteiger partial charge in [-0.3, -0.25) is 4.79 Å². The van der Waals surface area contributed by atoms with Gasteiger partial charge in [-0.15, -0.1) is 0 Å². The predicted octanol–water partition coefficient (Wildman–Crippen LogP) is 0.233. The molecule has 86 valence electrons. The first-order chi connectivity index (χ1) is 7.33. The number of nitrogens with zero attached hydrogens (tertiary/aromatic N) is 1. The smallest absolute Gasteiger partial charge is 0.228 e. The molecule has 1 amide bonds. The average molecular weight is 212 g/mol. The standard InChI is InChI=1S/C11H20N2O2/c1-2-13(10-3-5-12-7-10)11(14)9-4-6-15-8-9/h9-10,12H,2-8H2,1H3. The number of carbonyl (C=O) groups excluding carboxylic acids is 1. The van der Waals surface area contributed by atoms with Crippen molar-refractivity contribution in [1.82, 2.24) is 10.2 Å². The Balaban J connectivity index is 1.95. The van der Waals surface area contributed by atoms with Gasteiger partial charge in [0.2, 0.25) is 5.91 Å².